The van der Waals surface area contributed by atoms with Crippen LogP contribution < -0.4 is 10.6 Å². The van der Waals surface area contributed by atoms with Gasteiger partial charge in [0.05, 0.1) is 11.3 Å². The number of carbonyl (C=O) groups is 2. The summed E-state index contributed by atoms with van der Waals surface area (Å²) in [5.41, 5.74) is 0.353. The van der Waals surface area contributed by atoms with Gasteiger partial charge in [-0.05, 0) is 40.9 Å². The third kappa shape index (κ3) is 3.72. The second kappa shape index (κ2) is 6.74. The summed E-state index contributed by atoms with van der Waals surface area (Å²) in [6.07, 6.45) is 5.43. The van der Waals surface area contributed by atoms with E-state index < -0.39 is 5.97 Å². The molecule has 1 aromatic carbocycles. The Balaban J connectivity index is 2.05. The van der Waals surface area contributed by atoms with Crippen LogP contribution in [0.4, 0.5) is 10.5 Å². The molecule has 0 aromatic heterocycles. The van der Waals surface area contributed by atoms with Crippen LogP contribution in [-0.4, -0.2) is 23.1 Å². The van der Waals surface area contributed by atoms with Gasteiger partial charge in [0, 0.05) is 10.5 Å². The number of para-hydroxylation sites is 1. The van der Waals surface area contributed by atoms with Crippen molar-refractivity contribution >= 4 is 33.6 Å². The maximum atomic E-state index is 12.0. The SMILES string of the molecule is O=C(Nc1c(Br)cccc1C(=O)O)NC1CCCCC1. The molecule has 6 heteroatoms. The van der Waals surface area contributed by atoms with Crippen molar-refractivity contribution in [2.75, 3.05) is 5.32 Å². The van der Waals surface area contributed by atoms with Crippen LogP contribution in [0.3, 0.4) is 0 Å². The minimum Gasteiger partial charge on any atom is -0.478 e. The Kier molecular flexibility index (Phi) is 5.00. The fourth-order valence-electron chi connectivity index (χ4n) is 2.41. The fraction of sp³-hybridized carbons (Fsp3) is 0.429. The van der Waals surface area contributed by atoms with Gasteiger partial charge in [-0.1, -0.05) is 25.3 Å². The molecule has 108 valence electrons. The molecular weight excluding hydrogens is 324 g/mol. The van der Waals surface area contributed by atoms with Crippen LogP contribution in [0.2, 0.25) is 0 Å². The van der Waals surface area contributed by atoms with Gasteiger partial charge in [0.2, 0.25) is 0 Å². The summed E-state index contributed by atoms with van der Waals surface area (Å²) in [7, 11) is 0. The molecular formula is C14H17BrN2O3. The topological polar surface area (TPSA) is 78.4 Å². The molecule has 3 N–H and O–H groups in total. The van der Waals surface area contributed by atoms with Crippen molar-refractivity contribution in [3.8, 4) is 0 Å². The van der Waals surface area contributed by atoms with Crippen LogP contribution in [0, 0.1) is 0 Å². The lowest BCUT2D eigenvalue weighted by Gasteiger charge is -2.23. The minimum absolute atomic E-state index is 0.0677. The lowest BCUT2D eigenvalue weighted by atomic mass is 9.96. The summed E-state index contributed by atoms with van der Waals surface area (Å²) >= 11 is 3.26. The number of hydrogen-bond acceptors (Lipinski definition) is 2. The van der Waals surface area contributed by atoms with Gasteiger partial charge >= 0.3 is 12.0 Å². The predicted molar refractivity (Wildman–Crippen MR) is 80.1 cm³/mol. The molecule has 0 radical (unpaired) electrons. The zero-order valence-corrected chi connectivity index (χ0v) is 12.6. The smallest absolute Gasteiger partial charge is 0.337 e. The van der Waals surface area contributed by atoms with E-state index in [1.54, 1.807) is 12.1 Å². The first-order valence-corrected chi connectivity index (χ1v) is 7.46. The predicted octanol–water partition coefficient (Wildman–Crippen LogP) is 3.60. The molecule has 1 aromatic rings. The summed E-state index contributed by atoms with van der Waals surface area (Å²) in [6, 6.07) is 4.61. The Morgan fingerprint density at radius 2 is 1.90 bits per heavy atom. The van der Waals surface area contributed by atoms with E-state index in [1.165, 1.54) is 12.5 Å². The highest BCUT2D eigenvalue weighted by atomic mass is 79.9. The largest absolute Gasteiger partial charge is 0.478 e. The van der Waals surface area contributed by atoms with Crippen molar-refractivity contribution in [2.45, 2.75) is 38.1 Å². The lowest BCUT2D eigenvalue weighted by molar-refractivity contribution is 0.0698. The lowest BCUT2D eigenvalue weighted by Crippen LogP contribution is -2.39. The average molecular weight is 341 g/mol. The number of carboxylic acids is 1. The highest BCUT2D eigenvalue weighted by Crippen LogP contribution is 2.26. The molecule has 5 nitrogen and oxygen atoms in total. The van der Waals surface area contributed by atoms with Crippen LogP contribution >= 0.6 is 15.9 Å². The average Bonchev–Trinajstić information content (AvgIpc) is 2.42. The van der Waals surface area contributed by atoms with E-state index in [-0.39, 0.29) is 23.3 Å². The zero-order valence-electron chi connectivity index (χ0n) is 11.0. The molecule has 0 spiro atoms. The summed E-state index contributed by atoms with van der Waals surface area (Å²) in [4.78, 5) is 23.1. The quantitative estimate of drug-likeness (QED) is 0.786. The molecule has 0 heterocycles. The molecule has 0 atom stereocenters. The Bertz CT molecular complexity index is 513. The third-order valence-corrected chi connectivity index (χ3v) is 4.08. The Morgan fingerprint density at radius 3 is 2.55 bits per heavy atom. The zero-order chi connectivity index (χ0) is 14.5. The first kappa shape index (κ1) is 14.8. The molecule has 0 unspecified atom stereocenters. The second-order valence-electron chi connectivity index (χ2n) is 4.90. The molecule has 1 aliphatic rings. The number of aromatic carboxylic acids is 1. The van der Waals surface area contributed by atoms with Gasteiger partial charge in [-0.15, -0.1) is 0 Å². The summed E-state index contributed by atoms with van der Waals surface area (Å²) in [5.74, 6) is -1.07. The molecule has 1 fully saturated rings. The number of carboxylic acid groups (broad SMARTS) is 1. The molecule has 1 saturated carbocycles. The van der Waals surface area contributed by atoms with E-state index in [9.17, 15) is 9.59 Å². The Morgan fingerprint density at radius 1 is 1.20 bits per heavy atom. The molecule has 2 rings (SSSR count). The molecule has 20 heavy (non-hydrogen) atoms. The number of hydrogen-bond donors (Lipinski definition) is 3. The maximum absolute atomic E-state index is 12.0. The minimum atomic E-state index is -1.07. The van der Waals surface area contributed by atoms with Crippen molar-refractivity contribution in [3.05, 3.63) is 28.2 Å². The standard InChI is InChI=1S/C14H17BrN2O3/c15-11-8-4-7-10(13(18)19)12(11)17-14(20)16-9-5-2-1-3-6-9/h4,7-9H,1-3,5-6H2,(H,18,19)(H2,16,17,20). The van der Waals surface area contributed by atoms with Crippen molar-refractivity contribution in [1.29, 1.82) is 0 Å². The first-order chi connectivity index (χ1) is 9.58. The number of halogens is 1. The number of carbonyl (C=O) groups excluding carboxylic acids is 1. The van der Waals surface area contributed by atoms with Gasteiger partial charge in [-0.2, -0.15) is 0 Å². The molecule has 0 aliphatic heterocycles. The normalized spacial score (nSPS) is 15.7. The van der Waals surface area contributed by atoms with Crippen LogP contribution in [0.15, 0.2) is 22.7 Å². The van der Waals surface area contributed by atoms with Crippen LogP contribution in [-0.2, 0) is 0 Å². The van der Waals surface area contributed by atoms with E-state index in [1.807, 2.05) is 0 Å². The van der Waals surface area contributed by atoms with Crippen molar-refractivity contribution in [2.24, 2.45) is 0 Å². The number of rotatable bonds is 3. The molecule has 1 aliphatic carbocycles. The number of anilines is 1. The van der Waals surface area contributed by atoms with Gasteiger partial charge in [-0.3, -0.25) is 0 Å². The van der Waals surface area contributed by atoms with Gasteiger partial charge in [0.15, 0.2) is 0 Å². The molecule has 2 amide bonds. The maximum Gasteiger partial charge on any atom is 0.337 e. The highest BCUT2D eigenvalue weighted by Gasteiger charge is 2.18. The van der Waals surface area contributed by atoms with E-state index in [2.05, 4.69) is 26.6 Å². The Hall–Kier alpha value is -1.56. The van der Waals surface area contributed by atoms with Crippen LogP contribution in [0.5, 0.6) is 0 Å². The fourth-order valence-corrected chi connectivity index (χ4v) is 2.88. The van der Waals surface area contributed by atoms with Gasteiger partial charge in [0.1, 0.15) is 0 Å². The summed E-state index contributed by atoms with van der Waals surface area (Å²) < 4.78 is 0.552. The number of amides is 2. The van der Waals surface area contributed by atoms with Crippen LogP contribution in [0.25, 0.3) is 0 Å². The van der Waals surface area contributed by atoms with E-state index in [0.29, 0.717) is 4.47 Å². The van der Waals surface area contributed by atoms with Crippen molar-refractivity contribution in [1.82, 2.24) is 5.32 Å². The van der Waals surface area contributed by atoms with Crippen molar-refractivity contribution < 1.29 is 14.7 Å². The second-order valence-corrected chi connectivity index (χ2v) is 5.76. The van der Waals surface area contributed by atoms with Crippen LogP contribution in [0.1, 0.15) is 42.5 Å². The number of nitrogens with one attached hydrogen (secondary N) is 2. The van der Waals surface area contributed by atoms with Gasteiger partial charge < -0.3 is 15.7 Å². The highest BCUT2D eigenvalue weighted by molar-refractivity contribution is 9.10. The van der Waals surface area contributed by atoms with E-state index in [4.69, 9.17) is 5.11 Å². The van der Waals surface area contributed by atoms with Gasteiger partial charge in [-0.25, -0.2) is 9.59 Å². The van der Waals surface area contributed by atoms with E-state index >= 15 is 0 Å². The molecule has 0 saturated heterocycles. The number of urea groups is 1. The number of benzene rings is 1. The third-order valence-electron chi connectivity index (χ3n) is 3.42. The Labute approximate surface area is 125 Å². The van der Waals surface area contributed by atoms with Gasteiger partial charge in [0.25, 0.3) is 0 Å². The first-order valence-electron chi connectivity index (χ1n) is 6.67. The van der Waals surface area contributed by atoms with Crippen molar-refractivity contribution in [3.63, 3.8) is 0 Å². The molecule has 0 bridgehead atoms. The summed E-state index contributed by atoms with van der Waals surface area (Å²) in [6.45, 7) is 0. The monoisotopic (exact) mass is 340 g/mol. The summed E-state index contributed by atoms with van der Waals surface area (Å²) in [5, 5.41) is 14.7. The van der Waals surface area contributed by atoms with E-state index in [0.717, 1.165) is 25.7 Å².